The summed E-state index contributed by atoms with van der Waals surface area (Å²) in [7, 11) is -3.82. The fourth-order valence-corrected chi connectivity index (χ4v) is 4.82. The summed E-state index contributed by atoms with van der Waals surface area (Å²) in [6, 6.07) is 0. The Balaban J connectivity index is 1.76. The van der Waals surface area contributed by atoms with Crippen LogP contribution in [0.2, 0.25) is 0 Å². The Labute approximate surface area is 177 Å². The average molecular weight is 462 g/mol. The van der Waals surface area contributed by atoms with Gasteiger partial charge in [0.1, 0.15) is 22.8 Å². The highest BCUT2D eigenvalue weighted by Gasteiger charge is 2.54. The zero-order valence-electron chi connectivity index (χ0n) is 16.6. The van der Waals surface area contributed by atoms with Crippen LogP contribution < -0.4 is 5.73 Å². The number of nitrogens with zero attached hydrogens (tertiary/aromatic N) is 4. The molecule has 14 heteroatoms. The number of hydrogen-bond acceptors (Lipinski definition) is 12. The molecule has 30 heavy (non-hydrogen) atoms. The molecule has 3 N–H and O–H groups in total. The fourth-order valence-electron chi connectivity index (χ4n) is 3.49. The van der Waals surface area contributed by atoms with Gasteiger partial charge >= 0.3 is 0 Å². The molecule has 2 aliphatic rings. The first-order chi connectivity index (χ1) is 14.1. The maximum atomic E-state index is 12.0. The average Bonchev–Trinajstić information content (AvgIpc) is 3.19. The maximum absolute atomic E-state index is 12.0. The summed E-state index contributed by atoms with van der Waals surface area (Å²) in [6.07, 6.45) is -0.688. The minimum absolute atomic E-state index is 0.0152. The van der Waals surface area contributed by atoms with E-state index < -0.39 is 40.4 Å². The van der Waals surface area contributed by atoms with E-state index in [1.807, 2.05) is 0 Å². The van der Waals surface area contributed by atoms with Gasteiger partial charge in [0.2, 0.25) is 5.95 Å². The molecule has 166 valence electrons. The summed E-state index contributed by atoms with van der Waals surface area (Å²) < 4.78 is 48.5. The molecule has 2 saturated heterocycles. The fraction of sp³-hybridized carbons (Fsp3) is 0.688. The van der Waals surface area contributed by atoms with E-state index in [0.29, 0.717) is 21.9 Å². The van der Waals surface area contributed by atoms with Crippen LogP contribution in [0.15, 0.2) is 11.4 Å². The van der Waals surface area contributed by atoms with Gasteiger partial charge in [-0.2, -0.15) is 13.4 Å². The second kappa shape index (κ2) is 7.85. The van der Waals surface area contributed by atoms with Gasteiger partial charge < -0.3 is 25.1 Å². The Morgan fingerprint density at radius 1 is 1.43 bits per heavy atom. The van der Waals surface area contributed by atoms with Crippen molar-refractivity contribution in [2.45, 2.75) is 49.2 Å². The van der Waals surface area contributed by atoms with Gasteiger partial charge in [-0.25, -0.2) is 9.97 Å². The van der Waals surface area contributed by atoms with Crippen LogP contribution in [0.1, 0.15) is 20.1 Å². The van der Waals surface area contributed by atoms with E-state index in [-0.39, 0.29) is 19.2 Å². The number of imidazole rings is 1. The molecule has 0 radical (unpaired) electrons. The summed E-state index contributed by atoms with van der Waals surface area (Å²) >= 11 is 1.28. The molecule has 2 aromatic heterocycles. The van der Waals surface area contributed by atoms with Crippen LogP contribution in [-0.2, 0) is 28.5 Å². The van der Waals surface area contributed by atoms with E-state index in [2.05, 4.69) is 15.0 Å². The molecule has 0 bridgehead atoms. The number of fused-ring (bicyclic) bond motifs is 2. The molecule has 0 aromatic carbocycles. The van der Waals surface area contributed by atoms with Gasteiger partial charge in [0, 0.05) is 5.75 Å². The Morgan fingerprint density at radius 2 is 2.20 bits per heavy atom. The van der Waals surface area contributed by atoms with Crippen LogP contribution in [0, 0.1) is 0 Å². The summed E-state index contributed by atoms with van der Waals surface area (Å²) in [5.41, 5.74) is 6.67. The molecule has 0 unspecified atom stereocenters. The van der Waals surface area contributed by atoms with E-state index in [1.165, 1.54) is 18.1 Å². The highest BCUT2D eigenvalue weighted by Crippen LogP contribution is 2.41. The van der Waals surface area contributed by atoms with Gasteiger partial charge in [-0.15, -0.1) is 11.8 Å². The zero-order chi connectivity index (χ0) is 21.7. The van der Waals surface area contributed by atoms with Gasteiger partial charge in [0.25, 0.3) is 10.1 Å². The third-order valence-electron chi connectivity index (χ3n) is 4.60. The first-order valence-corrected chi connectivity index (χ1v) is 12.0. The molecule has 2 aromatic rings. The van der Waals surface area contributed by atoms with Crippen LogP contribution in [0.25, 0.3) is 11.2 Å². The largest absolute Gasteiger partial charge is 0.396 e. The molecule has 12 nitrogen and oxygen atoms in total. The molecule has 0 saturated carbocycles. The number of nitrogen functional groups attached to an aromatic ring is 1. The summed E-state index contributed by atoms with van der Waals surface area (Å²) in [6.45, 7) is 3.64. The second-order valence-electron chi connectivity index (χ2n) is 7.41. The van der Waals surface area contributed by atoms with Crippen molar-refractivity contribution in [1.82, 2.24) is 19.5 Å². The highest BCUT2D eigenvalue weighted by atomic mass is 32.2. The first-order valence-electron chi connectivity index (χ1n) is 9.17. The van der Waals surface area contributed by atoms with Gasteiger partial charge in [-0.3, -0.25) is 8.75 Å². The molecule has 2 aliphatic heterocycles. The van der Waals surface area contributed by atoms with Gasteiger partial charge in [0.05, 0.1) is 25.8 Å². The molecule has 0 spiro atoms. The molecule has 2 fully saturated rings. The lowest BCUT2D eigenvalue weighted by Gasteiger charge is -2.38. The number of anilines is 1. The van der Waals surface area contributed by atoms with Crippen molar-refractivity contribution in [3.8, 4) is 0 Å². The Hall–Kier alpha value is -1.55. The van der Waals surface area contributed by atoms with Crippen molar-refractivity contribution in [1.29, 1.82) is 0 Å². The summed E-state index contributed by atoms with van der Waals surface area (Å²) in [5, 5.41) is 9.61. The topological polar surface area (TPSA) is 161 Å². The third kappa shape index (κ3) is 4.26. The van der Waals surface area contributed by atoms with Gasteiger partial charge in [0.15, 0.2) is 23.8 Å². The summed E-state index contributed by atoms with van der Waals surface area (Å²) in [4.78, 5) is 12.8. The van der Waals surface area contributed by atoms with E-state index in [1.54, 1.807) is 18.4 Å². The number of rotatable bonds is 6. The number of nitrogens with two attached hydrogens (primary N) is 1. The Bertz CT molecular complexity index is 1040. The predicted molar refractivity (Wildman–Crippen MR) is 106 cm³/mol. The molecular formula is C16H23N5O7S2. The number of hydrogen-bond donors (Lipinski definition) is 2. The molecule has 4 heterocycles. The van der Waals surface area contributed by atoms with Crippen molar-refractivity contribution < 1.29 is 31.9 Å². The highest BCUT2D eigenvalue weighted by molar-refractivity contribution is 7.99. The third-order valence-corrected chi connectivity index (χ3v) is 6.11. The van der Waals surface area contributed by atoms with E-state index in [9.17, 15) is 8.42 Å². The quantitative estimate of drug-likeness (QED) is 0.334. The second-order valence-corrected chi connectivity index (χ2v) is 10.1. The zero-order valence-corrected chi connectivity index (χ0v) is 18.2. The summed E-state index contributed by atoms with van der Waals surface area (Å²) in [5.74, 6) is -0.500. The Morgan fingerprint density at radius 3 is 2.90 bits per heavy atom. The first kappa shape index (κ1) is 21.7. The number of ether oxygens (including phenoxy) is 3. The minimum atomic E-state index is -3.82. The van der Waals surface area contributed by atoms with Gasteiger partial charge in [-0.05, 0) is 13.8 Å². The number of aromatic nitrogens is 4. The smallest absolute Gasteiger partial charge is 0.264 e. The van der Waals surface area contributed by atoms with Crippen molar-refractivity contribution in [3.63, 3.8) is 0 Å². The van der Waals surface area contributed by atoms with Crippen molar-refractivity contribution in [2.75, 3.05) is 31.0 Å². The van der Waals surface area contributed by atoms with E-state index in [4.69, 9.17) is 29.2 Å². The molecular weight excluding hydrogens is 438 g/mol. The Kier molecular flexibility index (Phi) is 5.67. The number of aliphatic hydroxyl groups excluding tert-OH is 1. The predicted octanol–water partition coefficient (Wildman–Crippen LogP) is -0.113. The monoisotopic (exact) mass is 461 g/mol. The molecule has 0 amide bonds. The number of aliphatic hydroxyl groups is 1. The molecule has 4 rings (SSSR count). The maximum Gasteiger partial charge on any atom is 0.264 e. The molecule has 4 atom stereocenters. The van der Waals surface area contributed by atoms with Crippen LogP contribution in [0.3, 0.4) is 0 Å². The van der Waals surface area contributed by atoms with E-state index in [0.717, 1.165) is 6.26 Å². The normalized spacial score (nSPS) is 28.7. The number of thioether (sulfide) groups is 1. The lowest BCUT2D eigenvalue weighted by atomic mass is 10.1. The van der Waals surface area contributed by atoms with Crippen LogP contribution >= 0.6 is 11.8 Å². The van der Waals surface area contributed by atoms with Crippen LogP contribution in [-0.4, -0.2) is 82.4 Å². The van der Waals surface area contributed by atoms with Gasteiger partial charge in [-0.1, -0.05) is 0 Å². The minimum Gasteiger partial charge on any atom is -0.396 e. The van der Waals surface area contributed by atoms with E-state index >= 15 is 0 Å². The van der Waals surface area contributed by atoms with Crippen LogP contribution in [0.4, 0.5) is 5.95 Å². The van der Waals surface area contributed by atoms with Crippen molar-refractivity contribution in [3.05, 3.63) is 6.33 Å². The lowest BCUT2D eigenvalue weighted by Crippen LogP contribution is -2.50. The molecule has 0 aliphatic carbocycles. The standard InChI is InChI=1S/C16H23N5O7S2/c1-16(2)25-6-8-10(27-16)11(28-30(3,23)24)14(26-8)21-7-18-9-12(21)19-15(17)20-13(9)29-5-4-22/h7-8,10-11,14,22H,4-6H2,1-3H3,(H2,17,19,20)/t8-,10-,11-,14+/m0/s1. The lowest BCUT2D eigenvalue weighted by molar-refractivity contribution is -0.299. The van der Waals surface area contributed by atoms with Crippen molar-refractivity contribution in [2.24, 2.45) is 0 Å². The SMILES string of the molecule is CC1(C)OC[C@@H]2O[C@@H](n3cnc4c(SCCO)nc(N)nc43)[C@@H](OS(C)(=O)=O)[C@H]2O1. The van der Waals surface area contributed by atoms with Crippen LogP contribution in [0.5, 0.6) is 0 Å². The van der Waals surface area contributed by atoms with Crippen molar-refractivity contribution >= 4 is 39.0 Å².